The summed E-state index contributed by atoms with van der Waals surface area (Å²) in [6.45, 7) is 2.22. The van der Waals surface area contributed by atoms with Gasteiger partial charge >= 0.3 is 0 Å². The Morgan fingerprint density at radius 2 is 1.87 bits per heavy atom. The molecule has 1 aromatic heterocycles. The van der Waals surface area contributed by atoms with Crippen molar-refractivity contribution in [1.29, 1.82) is 0 Å². The molecule has 3 aromatic rings. The highest BCUT2D eigenvalue weighted by molar-refractivity contribution is 9.10. The van der Waals surface area contributed by atoms with Gasteiger partial charge in [0.1, 0.15) is 11.8 Å². The number of carbonyl (C=O) groups excluding carboxylic acids is 2. The zero-order valence-electron chi connectivity index (χ0n) is 16.5. The van der Waals surface area contributed by atoms with E-state index in [0.29, 0.717) is 30.8 Å². The Hall–Kier alpha value is -3.13. The van der Waals surface area contributed by atoms with Crippen LogP contribution in [-0.4, -0.2) is 28.2 Å². The summed E-state index contributed by atoms with van der Waals surface area (Å²) in [5.74, 6) is 0.464. The molecule has 8 heteroatoms. The van der Waals surface area contributed by atoms with Crippen molar-refractivity contribution in [2.75, 3.05) is 17.2 Å². The van der Waals surface area contributed by atoms with E-state index in [-0.39, 0.29) is 11.8 Å². The van der Waals surface area contributed by atoms with Gasteiger partial charge in [-0.05, 0) is 55.8 Å². The number of carbonyl (C=O) groups is 2. The van der Waals surface area contributed by atoms with Crippen LogP contribution in [0.2, 0.25) is 0 Å². The van der Waals surface area contributed by atoms with Gasteiger partial charge in [-0.25, -0.2) is 0 Å². The highest BCUT2D eigenvalue weighted by Crippen LogP contribution is 2.19. The molecule has 2 N–H and O–H groups in total. The third-order valence-corrected chi connectivity index (χ3v) is 4.82. The molecule has 0 saturated heterocycles. The summed E-state index contributed by atoms with van der Waals surface area (Å²) in [5.41, 5.74) is 1.23. The largest absolute Gasteiger partial charge is 0.494 e. The monoisotopic (exact) mass is 470 g/mol. The first-order valence-corrected chi connectivity index (χ1v) is 10.4. The Bertz CT molecular complexity index is 992. The molecule has 30 heavy (non-hydrogen) atoms. The van der Waals surface area contributed by atoms with Crippen molar-refractivity contribution in [2.24, 2.45) is 0 Å². The van der Waals surface area contributed by atoms with Gasteiger partial charge in [0, 0.05) is 34.7 Å². The Morgan fingerprint density at radius 3 is 2.60 bits per heavy atom. The van der Waals surface area contributed by atoms with E-state index in [1.807, 2.05) is 24.3 Å². The average molecular weight is 471 g/mol. The van der Waals surface area contributed by atoms with Crippen LogP contribution in [0.5, 0.6) is 5.75 Å². The fourth-order valence-corrected chi connectivity index (χ4v) is 3.13. The van der Waals surface area contributed by atoms with Gasteiger partial charge in [-0.15, -0.1) is 0 Å². The second-order valence-electron chi connectivity index (χ2n) is 6.69. The maximum Gasteiger partial charge on any atom is 0.248 e. The van der Waals surface area contributed by atoms with E-state index in [1.54, 1.807) is 54.3 Å². The van der Waals surface area contributed by atoms with Crippen LogP contribution in [0, 0.1) is 0 Å². The summed E-state index contributed by atoms with van der Waals surface area (Å²) in [5, 5.41) is 9.77. The van der Waals surface area contributed by atoms with Gasteiger partial charge < -0.3 is 15.4 Å². The minimum atomic E-state index is -0.441. The van der Waals surface area contributed by atoms with Gasteiger partial charge in [0.25, 0.3) is 0 Å². The van der Waals surface area contributed by atoms with Crippen molar-refractivity contribution in [3.05, 3.63) is 71.5 Å². The number of amides is 2. The lowest BCUT2D eigenvalue weighted by atomic mass is 10.2. The van der Waals surface area contributed by atoms with Crippen LogP contribution < -0.4 is 15.4 Å². The Kier molecular flexibility index (Phi) is 7.62. The zero-order chi connectivity index (χ0) is 21.3. The maximum atomic E-state index is 12.4. The lowest BCUT2D eigenvalue weighted by Gasteiger charge is -2.13. The van der Waals surface area contributed by atoms with Crippen LogP contribution in [-0.2, 0) is 9.59 Å². The van der Waals surface area contributed by atoms with Crippen LogP contribution in [0.25, 0.3) is 0 Å². The van der Waals surface area contributed by atoms with Crippen molar-refractivity contribution in [3.8, 4) is 5.75 Å². The number of aromatic nitrogens is 2. The molecule has 0 spiro atoms. The molecule has 1 unspecified atom stereocenters. The van der Waals surface area contributed by atoms with E-state index in [9.17, 15) is 9.59 Å². The summed E-state index contributed by atoms with van der Waals surface area (Å²) >= 11 is 3.40. The molecule has 0 aliphatic rings. The van der Waals surface area contributed by atoms with Crippen molar-refractivity contribution in [1.82, 2.24) is 9.78 Å². The zero-order valence-corrected chi connectivity index (χ0v) is 18.1. The van der Waals surface area contributed by atoms with E-state index < -0.39 is 6.04 Å². The fourth-order valence-electron chi connectivity index (χ4n) is 2.75. The molecule has 0 saturated carbocycles. The summed E-state index contributed by atoms with van der Waals surface area (Å²) in [4.78, 5) is 24.6. The first kappa shape index (κ1) is 21.6. The summed E-state index contributed by atoms with van der Waals surface area (Å²) in [6, 6.07) is 16.0. The van der Waals surface area contributed by atoms with E-state index in [1.165, 1.54) is 0 Å². The first-order chi connectivity index (χ1) is 14.5. The molecule has 156 valence electrons. The predicted octanol–water partition coefficient (Wildman–Crippen LogP) is 4.64. The highest BCUT2D eigenvalue weighted by Gasteiger charge is 2.15. The van der Waals surface area contributed by atoms with Crippen molar-refractivity contribution in [3.63, 3.8) is 0 Å². The second kappa shape index (κ2) is 10.6. The minimum Gasteiger partial charge on any atom is -0.494 e. The standard InChI is InChI=1S/C22H23BrN4O3/c1-16(27-12-5-11-24-27)22(29)26-19-8-3-7-18(15-19)25-21(28)10-4-13-30-20-9-2-6-17(23)14-20/h2-3,5-9,11-12,14-16H,4,10,13H2,1H3,(H,25,28)(H,26,29). The van der Waals surface area contributed by atoms with Crippen LogP contribution >= 0.6 is 15.9 Å². The average Bonchev–Trinajstić information content (AvgIpc) is 3.26. The number of rotatable bonds is 9. The molecule has 2 amide bonds. The normalized spacial score (nSPS) is 11.5. The van der Waals surface area contributed by atoms with Crippen LogP contribution in [0.4, 0.5) is 11.4 Å². The summed E-state index contributed by atoms with van der Waals surface area (Å²) in [6.07, 6.45) is 4.29. The number of nitrogens with one attached hydrogen (secondary N) is 2. The summed E-state index contributed by atoms with van der Waals surface area (Å²) < 4.78 is 8.17. The number of hydrogen-bond acceptors (Lipinski definition) is 4. The number of benzene rings is 2. The van der Waals surface area contributed by atoms with Crippen molar-refractivity contribution in [2.45, 2.75) is 25.8 Å². The summed E-state index contributed by atoms with van der Waals surface area (Å²) in [7, 11) is 0. The third kappa shape index (κ3) is 6.45. The van der Waals surface area contributed by atoms with E-state index in [2.05, 4.69) is 31.7 Å². The molecular formula is C22H23BrN4O3. The number of halogens is 1. The molecule has 0 fully saturated rings. The lowest BCUT2D eigenvalue weighted by molar-refractivity contribution is -0.119. The van der Waals surface area contributed by atoms with Crippen molar-refractivity contribution < 1.29 is 14.3 Å². The second-order valence-corrected chi connectivity index (χ2v) is 7.61. The number of nitrogens with zero attached hydrogens (tertiary/aromatic N) is 2. The van der Waals surface area contributed by atoms with Gasteiger partial charge in [0.15, 0.2) is 0 Å². The molecule has 1 atom stereocenters. The first-order valence-electron chi connectivity index (χ1n) is 9.59. The minimum absolute atomic E-state index is 0.110. The van der Waals surface area contributed by atoms with Gasteiger partial charge in [-0.3, -0.25) is 14.3 Å². The molecule has 0 radical (unpaired) electrons. The lowest BCUT2D eigenvalue weighted by Crippen LogP contribution is -2.24. The molecule has 0 aliphatic heterocycles. The Balaban J connectivity index is 1.45. The molecule has 3 rings (SSSR count). The van der Waals surface area contributed by atoms with Crippen molar-refractivity contribution >= 4 is 39.1 Å². The number of hydrogen-bond donors (Lipinski definition) is 2. The molecule has 1 heterocycles. The number of anilines is 2. The van der Waals surface area contributed by atoms with Gasteiger partial charge in [0.2, 0.25) is 11.8 Å². The van der Waals surface area contributed by atoms with Crippen LogP contribution in [0.15, 0.2) is 71.5 Å². The van der Waals surface area contributed by atoms with E-state index >= 15 is 0 Å². The van der Waals surface area contributed by atoms with E-state index in [4.69, 9.17) is 4.74 Å². The number of ether oxygens (including phenoxy) is 1. The smallest absolute Gasteiger partial charge is 0.248 e. The van der Waals surface area contributed by atoms with E-state index in [0.717, 1.165) is 10.2 Å². The highest BCUT2D eigenvalue weighted by atomic mass is 79.9. The molecular weight excluding hydrogens is 448 g/mol. The molecule has 7 nitrogen and oxygen atoms in total. The third-order valence-electron chi connectivity index (χ3n) is 4.33. The quantitative estimate of drug-likeness (QED) is 0.446. The molecule has 0 bridgehead atoms. The van der Waals surface area contributed by atoms with Gasteiger partial charge in [0.05, 0.1) is 6.61 Å². The molecule has 2 aromatic carbocycles. The van der Waals surface area contributed by atoms with Crippen LogP contribution in [0.3, 0.4) is 0 Å². The van der Waals surface area contributed by atoms with Gasteiger partial charge in [-0.2, -0.15) is 5.10 Å². The Morgan fingerprint density at radius 1 is 1.10 bits per heavy atom. The SMILES string of the molecule is CC(C(=O)Nc1cccc(NC(=O)CCCOc2cccc(Br)c2)c1)n1cccn1. The molecule has 0 aliphatic carbocycles. The maximum absolute atomic E-state index is 12.4. The fraction of sp³-hybridized carbons (Fsp3) is 0.227. The predicted molar refractivity (Wildman–Crippen MR) is 120 cm³/mol. The topological polar surface area (TPSA) is 85.3 Å². The van der Waals surface area contributed by atoms with Gasteiger partial charge in [-0.1, -0.05) is 28.1 Å². The Labute approximate surface area is 183 Å². The van der Waals surface area contributed by atoms with Crippen LogP contribution in [0.1, 0.15) is 25.8 Å².